The molecule has 11 heteroatoms. The summed E-state index contributed by atoms with van der Waals surface area (Å²) in [6, 6.07) is -0.405. The lowest BCUT2D eigenvalue weighted by Crippen LogP contribution is -2.36. The first-order valence-electron chi connectivity index (χ1n) is 7.73. The molecule has 0 aromatic rings. The number of thiol groups is 4. The lowest BCUT2D eigenvalue weighted by molar-refractivity contribution is -0.127. The molecule has 6 nitrogen and oxygen atoms in total. The summed E-state index contributed by atoms with van der Waals surface area (Å²) in [5.74, 6) is 1.42. The van der Waals surface area contributed by atoms with E-state index in [-0.39, 0.29) is 42.2 Å². The zero-order chi connectivity index (χ0) is 19.1. The van der Waals surface area contributed by atoms with Gasteiger partial charge in [0.1, 0.15) is 0 Å². The number of hydrogen-bond acceptors (Lipinski definition) is 9. The van der Waals surface area contributed by atoms with Gasteiger partial charge in [0.2, 0.25) is 5.91 Å². The van der Waals surface area contributed by atoms with Crippen molar-refractivity contribution in [2.45, 2.75) is 31.3 Å². The third-order valence-corrected chi connectivity index (χ3v) is 5.27. The number of rotatable bonds is 12. The zero-order valence-electron chi connectivity index (χ0n) is 14.3. The lowest BCUT2D eigenvalue weighted by atomic mass is 10.0. The van der Waals surface area contributed by atoms with Gasteiger partial charge in [0, 0.05) is 29.7 Å². The quantitative estimate of drug-likeness (QED) is 0.200. The summed E-state index contributed by atoms with van der Waals surface area (Å²) in [5, 5.41) is 0. The van der Waals surface area contributed by atoms with E-state index in [1.807, 2.05) is 0 Å². The van der Waals surface area contributed by atoms with Crippen LogP contribution in [0, 0.1) is 11.8 Å². The van der Waals surface area contributed by atoms with Crippen LogP contribution in [0.5, 0.6) is 0 Å². The maximum atomic E-state index is 11.2. The van der Waals surface area contributed by atoms with Gasteiger partial charge in [0.05, 0.1) is 12.0 Å². The van der Waals surface area contributed by atoms with E-state index in [9.17, 15) is 9.59 Å². The summed E-state index contributed by atoms with van der Waals surface area (Å²) in [6.07, 6.45) is 2.13. The molecular formula is C14H33ClN4O2S4. The molecule has 0 rings (SSSR count). The average molecular weight is 453 g/mol. The molecule has 0 aliphatic rings. The van der Waals surface area contributed by atoms with Crippen LogP contribution >= 0.6 is 62.9 Å². The van der Waals surface area contributed by atoms with Gasteiger partial charge in [-0.15, -0.1) is 12.4 Å². The van der Waals surface area contributed by atoms with E-state index in [2.05, 4.69) is 50.5 Å². The average Bonchev–Trinajstić information content (AvgIpc) is 2.59. The summed E-state index contributed by atoms with van der Waals surface area (Å²) >= 11 is 16.1. The third-order valence-electron chi connectivity index (χ3n) is 3.45. The minimum atomic E-state index is -0.620. The fourth-order valence-electron chi connectivity index (χ4n) is 1.58. The number of halogens is 1. The lowest BCUT2D eigenvalue weighted by Gasteiger charge is -2.13. The van der Waals surface area contributed by atoms with Gasteiger partial charge in [0.15, 0.2) is 5.78 Å². The number of ketones is 1. The number of amides is 1. The highest BCUT2D eigenvalue weighted by molar-refractivity contribution is 7.80. The molecule has 8 N–H and O–H groups in total. The molecule has 0 saturated heterocycles. The molecule has 0 heterocycles. The second-order valence-electron chi connectivity index (χ2n) is 5.55. The second-order valence-corrected chi connectivity index (χ2v) is 7.01. The van der Waals surface area contributed by atoms with Crippen molar-refractivity contribution in [3.05, 3.63) is 0 Å². The Balaban J connectivity index is -0.000000377. The van der Waals surface area contributed by atoms with Crippen LogP contribution in [0.1, 0.15) is 19.3 Å². The molecule has 1 amide bonds. The van der Waals surface area contributed by atoms with Crippen LogP contribution in [0.3, 0.4) is 0 Å². The molecule has 25 heavy (non-hydrogen) atoms. The number of hydrogen-bond donors (Lipinski definition) is 8. The minimum Gasteiger partial charge on any atom is -0.369 e. The summed E-state index contributed by atoms with van der Waals surface area (Å²) < 4.78 is 0. The number of Topliss-reactive ketones (excluding diaryl/α,β-unsaturated/α-hetero) is 1. The molecular weight excluding hydrogens is 420 g/mol. The van der Waals surface area contributed by atoms with Gasteiger partial charge in [-0.3, -0.25) is 9.59 Å². The van der Waals surface area contributed by atoms with Crippen molar-refractivity contribution in [1.29, 1.82) is 0 Å². The van der Waals surface area contributed by atoms with Crippen molar-refractivity contribution in [3.8, 4) is 0 Å². The molecule has 0 aliphatic carbocycles. The Morgan fingerprint density at radius 3 is 1.76 bits per heavy atom. The monoisotopic (exact) mass is 452 g/mol. The molecule has 0 spiro atoms. The summed E-state index contributed by atoms with van der Waals surface area (Å²) in [5.41, 5.74) is 21.6. The largest absolute Gasteiger partial charge is 0.369 e. The van der Waals surface area contributed by atoms with Crippen LogP contribution < -0.4 is 22.9 Å². The van der Waals surface area contributed by atoms with Gasteiger partial charge in [-0.05, 0) is 31.1 Å². The molecule has 0 fully saturated rings. The number of carbonyl (C=O) groups excluding carboxylic acids is 2. The molecule has 152 valence electrons. The molecule has 0 aliphatic heterocycles. The Kier molecular flexibility index (Phi) is 23.7. The standard InChI is InChI=1S/C7H14N2O2S2.C7H18N2S2.ClH/c8-5(3-13)6(10)1-4(2-12)7(9)11;8-3-6(4-10)1-2-7(9)5-11;/h4-5,12-13H,1-3,8H2,(H2,9,11);6-7,10-11H,1-5,8-9H2;1H/t4-,5-;6-,7-;/m01./s1. The van der Waals surface area contributed by atoms with E-state index >= 15 is 0 Å². The van der Waals surface area contributed by atoms with Crippen LogP contribution in [0.4, 0.5) is 0 Å². The molecule has 4 atom stereocenters. The van der Waals surface area contributed by atoms with Gasteiger partial charge in [-0.1, -0.05) is 0 Å². The number of nitrogens with two attached hydrogens (primary N) is 4. The Bertz CT molecular complexity index is 353. The van der Waals surface area contributed by atoms with Crippen LogP contribution in [-0.4, -0.2) is 53.3 Å². The summed E-state index contributed by atoms with van der Waals surface area (Å²) in [7, 11) is 0. The number of primary amides is 1. The first-order valence-corrected chi connectivity index (χ1v) is 10.3. The van der Waals surface area contributed by atoms with E-state index in [0.717, 1.165) is 24.3 Å². The summed E-state index contributed by atoms with van der Waals surface area (Å²) in [4.78, 5) is 22.0. The molecule has 0 bridgehead atoms. The van der Waals surface area contributed by atoms with Crippen LogP contribution in [-0.2, 0) is 9.59 Å². The van der Waals surface area contributed by atoms with Crippen molar-refractivity contribution in [1.82, 2.24) is 0 Å². The van der Waals surface area contributed by atoms with E-state index in [1.54, 1.807) is 0 Å². The SMILES string of the molecule is Cl.NC(=O)[C@H](CS)CC(=O)[C@@H](N)CS.NC[C@H](CS)CC[C@@H](N)CS. The zero-order valence-corrected chi connectivity index (χ0v) is 18.7. The van der Waals surface area contributed by atoms with Gasteiger partial charge in [-0.25, -0.2) is 0 Å². The predicted octanol–water partition coefficient (Wildman–Crippen LogP) is 0.184. The van der Waals surface area contributed by atoms with Crippen LogP contribution in [0.2, 0.25) is 0 Å². The van der Waals surface area contributed by atoms with E-state index in [0.29, 0.717) is 12.5 Å². The first-order chi connectivity index (χ1) is 11.3. The normalized spacial score (nSPS) is 15.0. The summed E-state index contributed by atoms with van der Waals surface area (Å²) in [6.45, 7) is 0.711. The van der Waals surface area contributed by atoms with Gasteiger partial charge in [0.25, 0.3) is 0 Å². The maximum absolute atomic E-state index is 11.2. The first kappa shape index (κ1) is 30.4. The van der Waals surface area contributed by atoms with Crippen LogP contribution in [0.25, 0.3) is 0 Å². The fraction of sp³-hybridized carbons (Fsp3) is 0.857. The molecule has 0 unspecified atom stereocenters. The van der Waals surface area contributed by atoms with Crippen LogP contribution in [0.15, 0.2) is 0 Å². The van der Waals surface area contributed by atoms with Crippen molar-refractivity contribution in [3.63, 3.8) is 0 Å². The Morgan fingerprint density at radius 1 is 0.880 bits per heavy atom. The van der Waals surface area contributed by atoms with Gasteiger partial charge < -0.3 is 22.9 Å². The highest BCUT2D eigenvalue weighted by atomic mass is 35.5. The Hall–Kier alpha value is 0.710. The fourth-order valence-corrected chi connectivity index (χ4v) is 2.60. The van der Waals surface area contributed by atoms with E-state index in [1.165, 1.54) is 0 Å². The second kappa shape index (κ2) is 19.5. The van der Waals surface area contributed by atoms with Crippen molar-refractivity contribution >= 4 is 74.6 Å². The molecule has 0 radical (unpaired) electrons. The minimum absolute atomic E-state index is 0. The highest BCUT2D eigenvalue weighted by Crippen LogP contribution is 2.08. The van der Waals surface area contributed by atoms with Gasteiger partial charge in [-0.2, -0.15) is 50.5 Å². The predicted molar refractivity (Wildman–Crippen MR) is 123 cm³/mol. The van der Waals surface area contributed by atoms with Crippen molar-refractivity contribution < 1.29 is 9.59 Å². The number of carbonyl (C=O) groups is 2. The molecule has 0 aromatic heterocycles. The maximum Gasteiger partial charge on any atom is 0.221 e. The Morgan fingerprint density at radius 2 is 1.44 bits per heavy atom. The topological polar surface area (TPSA) is 138 Å². The third kappa shape index (κ3) is 16.6. The Labute approximate surface area is 179 Å². The molecule has 0 saturated carbocycles. The highest BCUT2D eigenvalue weighted by Gasteiger charge is 2.21. The smallest absolute Gasteiger partial charge is 0.221 e. The van der Waals surface area contributed by atoms with E-state index in [4.69, 9.17) is 22.9 Å². The van der Waals surface area contributed by atoms with Gasteiger partial charge >= 0.3 is 0 Å². The van der Waals surface area contributed by atoms with E-state index < -0.39 is 17.9 Å². The van der Waals surface area contributed by atoms with Crippen molar-refractivity contribution in [2.75, 3.05) is 29.6 Å². The van der Waals surface area contributed by atoms with Crippen molar-refractivity contribution in [2.24, 2.45) is 34.8 Å². The molecule has 0 aromatic carbocycles.